The van der Waals surface area contributed by atoms with Crippen molar-refractivity contribution in [1.82, 2.24) is 29.7 Å². The molecule has 2 amide bonds. The van der Waals surface area contributed by atoms with Gasteiger partial charge < -0.3 is 10.2 Å². The lowest BCUT2D eigenvalue weighted by atomic mass is 10.1. The summed E-state index contributed by atoms with van der Waals surface area (Å²) in [5.41, 5.74) is 4.71. The van der Waals surface area contributed by atoms with Gasteiger partial charge in [0.25, 0.3) is 5.91 Å². The largest absolute Gasteiger partial charge is 0.367 e. The monoisotopic (exact) mass is 456 g/mol. The van der Waals surface area contributed by atoms with E-state index < -0.39 is 0 Å². The third-order valence-corrected chi connectivity index (χ3v) is 6.49. The molecule has 3 aromatic heterocycles. The number of imide groups is 1. The number of anilines is 3. The Morgan fingerprint density at radius 1 is 1.24 bits per heavy atom. The van der Waals surface area contributed by atoms with Gasteiger partial charge in [0, 0.05) is 54.1 Å². The Bertz CT molecular complexity index is 1530. The molecule has 1 aromatic carbocycles. The van der Waals surface area contributed by atoms with Crippen LogP contribution in [0.4, 0.5) is 17.3 Å². The number of carbonyl (C=O) groups excluding carboxylic acids is 2. The summed E-state index contributed by atoms with van der Waals surface area (Å²) in [5, 5.41) is 16.1. The molecule has 0 spiro atoms. The summed E-state index contributed by atoms with van der Waals surface area (Å²) in [6.07, 6.45) is 5.67. The van der Waals surface area contributed by atoms with E-state index in [1.54, 1.807) is 16.8 Å². The molecule has 6 rings (SSSR count). The molecular formula is C24H24N8O2. The minimum atomic E-state index is -0.368. The van der Waals surface area contributed by atoms with E-state index in [4.69, 9.17) is 4.98 Å². The van der Waals surface area contributed by atoms with Crippen LogP contribution in [0.15, 0.2) is 36.0 Å². The normalized spacial score (nSPS) is 17.2. The lowest BCUT2D eigenvalue weighted by Gasteiger charge is -2.20. The predicted octanol–water partition coefficient (Wildman–Crippen LogP) is 2.70. The van der Waals surface area contributed by atoms with Crippen LogP contribution in [0.2, 0.25) is 0 Å². The van der Waals surface area contributed by atoms with Gasteiger partial charge in [-0.25, -0.2) is 4.98 Å². The second-order valence-electron chi connectivity index (χ2n) is 8.95. The van der Waals surface area contributed by atoms with Gasteiger partial charge in [-0.2, -0.15) is 14.7 Å². The van der Waals surface area contributed by atoms with Crippen LogP contribution in [0.25, 0.3) is 22.6 Å². The molecule has 1 saturated heterocycles. The molecule has 4 aromatic rings. The van der Waals surface area contributed by atoms with Crippen LogP contribution in [0.5, 0.6) is 0 Å². The third-order valence-electron chi connectivity index (χ3n) is 6.49. The Balaban J connectivity index is 1.45. The number of rotatable bonds is 5. The van der Waals surface area contributed by atoms with Gasteiger partial charge in [0.15, 0.2) is 5.65 Å². The first-order valence-electron chi connectivity index (χ1n) is 11.2. The molecule has 2 N–H and O–H groups in total. The van der Waals surface area contributed by atoms with Crippen molar-refractivity contribution in [2.45, 2.75) is 32.2 Å². The van der Waals surface area contributed by atoms with E-state index in [2.05, 4.69) is 46.0 Å². The zero-order chi connectivity index (χ0) is 23.6. The molecule has 1 aliphatic carbocycles. The van der Waals surface area contributed by atoms with Gasteiger partial charge in [-0.1, -0.05) is 0 Å². The number of carbonyl (C=O) groups is 2. The maximum absolute atomic E-state index is 12.1. The number of aryl methyl sites for hydroxylation is 2. The minimum absolute atomic E-state index is 0.0620. The SMILES string of the molecule is Cc1c2ccc(N(C)c3cc(NC4CC4)n4ncc(/C=C5\CC(=O)NC5=O)c4n3)cc2nn1C. The van der Waals surface area contributed by atoms with Crippen molar-refractivity contribution in [1.29, 1.82) is 0 Å². The second kappa shape index (κ2) is 7.41. The van der Waals surface area contributed by atoms with Gasteiger partial charge in [-0.15, -0.1) is 0 Å². The van der Waals surface area contributed by atoms with Crippen LogP contribution >= 0.6 is 0 Å². The first-order valence-corrected chi connectivity index (χ1v) is 11.2. The Morgan fingerprint density at radius 3 is 2.79 bits per heavy atom. The number of nitrogens with zero attached hydrogens (tertiary/aromatic N) is 6. The van der Waals surface area contributed by atoms with Crippen molar-refractivity contribution in [2.24, 2.45) is 7.05 Å². The summed E-state index contributed by atoms with van der Waals surface area (Å²) in [6, 6.07) is 8.59. The maximum Gasteiger partial charge on any atom is 0.254 e. The van der Waals surface area contributed by atoms with Crippen molar-refractivity contribution in [3.05, 3.63) is 47.3 Å². The number of fused-ring (bicyclic) bond motifs is 2. The van der Waals surface area contributed by atoms with E-state index in [1.807, 2.05) is 29.7 Å². The van der Waals surface area contributed by atoms with Gasteiger partial charge in [-0.3, -0.25) is 19.6 Å². The highest BCUT2D eigenvalue weighted by Gasteiger charge is 2.26. The first kappa shape index (κ1) is 20.4. The predicted molar refractivity (Wildman–Crippen MR) is 129 cm³/mol. The average molecular weight is 457 g/mol. The van der Waals surface area contributed by atoms with Gasteiger partial charge in [0.05, 0.1) is 18.1 Å². The first-order chi connectivity index (χ1) is 16.4. The van der Waals surface area contributed by atoms with Gasteiger partial charge in [-0.05, 0) is 44.0 Å². The van der Waals surface area contributed by atoms with Crippen LogP contribution in [0.3, 0.4) is 0 Å². The smallest absolute Gasteiger partial charge is 0.254 e. The van der Waals surface area contributed by atoms with Crippen molar-refractivity contribution in [2.75, 3.05) is 17.3 Å². The number of benzene rings is 1. The van der Waals surface area contributed by atoms with Crippen LogP contribution in [0, 0.1) is 6.92 Å². The van der Waals surface area contributed by atoms with Crippen LogP contribution in [0.1, 0.15) is 30.5 Å². The summed E-state index contributed by atoms with van der Waals surface area (Å²) in [7, 11) is 3.91. The molecule has 4 heterocycles. The fourth-order valence-corrected chi connectivity index (χ4v) is 4.25. The quantitative estimate of drug-likeness (QED) is 0.351. The van der Waals surface area contributed by atoms with Crippen molar-refractivity contribution in [3.8, 4) is 0 Å². The Labute approximate surface area is 195 Å². The standard InChI is InChI=1S/C24H24N8O2/c1-13-18-7-6-17(10-19(18)29-31(13)3)30(2)20-11-21(26-16-4-5-16)32-23(27-20)15(12-25-32)8-14-9-22(33)28-24(14)34/h6-8,10-12,16,26H,4-5,9H2,1-3H3,(H,28,33,34)/b14-8+. The van der Waals surface area contributed by atoms with E-state index >= 15 is 0 Å². The number of aromatic nitrogens is 5. The third kappa shape index (κ3) is 3.38. The lowest BCUT2D eigenvalue weighted by molar-refractivity contribution is -0.124. The maximum atomic E-state index is 12.1. The van der Waals surface area contributed by atoms with E-state index in [9.17, 15) is 9.59 Å². The fraction of sp³-hybridized carbons (Fsp3) is 0.292. The molecule has 1 aliphatic heterocycles. The summed E-state index contributed by atoms with van der Waals surface area (Å²) >= 11 is 0. The fourth-order valence-electron chi connectivity index (χ4n) is 4.25. The Hall–Kier alpha value is -4.21. The van der Waals surface area contributed by atoms with Crippen molar-refractivity contribution in [3.63, 3.8) is 0 Å². The highest BCUT2D eigenvalue weighted by Crippen LogP contribution is 2.32. The van der Waals surface area contributed by atoms with Crippen LogP contribution in [-0.4, -0.2) is 49.3 Å². The number of nitrogens with one attached hydrogen (secondary N) is 2. The highest BCUT2D eigenvalue weighted by atomic mass is 16.2. The van der Waals surface area contributed by atoms with Gasteiger partial charge in [0.2, 0.25) is 5.91 Å². The molecule has 0 atom stereocenters. The Kier molecular flexibility index (Phi) is 4.44. The topological polar surface area (TPSA) is 109 Å². The van der Waals surface area contributed by atoms with Gasteiger partial charge >= 0.3 is 0 Å². The minimum Gasteiger partial charge on any atom is -0.367 e. The summed E-state index contributed by atoms with van der Waals surface area (Å²) < 4.78 is 3.63. The molecule has 0 unspecified atom stereocenters. The number of hydrogen-bond donors (Lipinski definition) is 2. The zero-order valence-electron chi connectivity index (χ0n) is 19.2. The molecule has 0 bridgehead atoms. The molecule has 10 heteroatoms. The molecule has 2 aliphatic rings. The lowest BCUT2D eigenvalue weighted by Crippen LogP contribution is -2.19. The van der Waals surface area contributed by atoms with Crippen LogP contribution in [-0.2, 0) is 16.6 Å². The molecule has 2 fully saturated rings. The highest BCUT2D eigenvalue weighted by molar-refractivity contribution is 6.15. The van der Waals surface area contributed by atoms with Gasteiger partial charge in [0.1, 0.15) is 11.6 Å². The summed E-state index contributed by atoms with van der Waals surface area (Å²) in [5.74, 6) is 0.903. The summed E-state index contributed by atoms with van der Waals surface area (Å²) in [4.78, 5) is 30.6. The van der Waals surface area contributed by atoms with Crippen molar-refractivity contribution >= 4 is 51.8 Å². The number of hydrogen-bond acceptors (Lipinski definition) is 7. The Morgan fingerprint density at radius 2 is 2.06 bits per heavy atom. The van der Waals surface area contributed by atoms with E-state index in [0.29, 0.717) is 22.8 Å². The molecule has 0 radical (unpaired) electrons. The van der Waals surface area contributed by atoms with Crippen molar-refractivity contribution < 1.29 is 9.59 Å². The molecule has 10 nitrogen and oxygen atoms in total. The van der Waals surface area contributed by atoms with E-state index in [1.165, 1.54) is 0 Å². The summed E-state index contributed by atoms with van der Waals surface area (Å²) in [6.45, 7) is 2.05. The van der Waals surface area contributed by atoms with E-state index in [0.717, 1.165) is 46.8 Å². The average Bonchev–Trinajstić information content (AvgIpc) is 3.35. The zero-order valence-corrected chi connectivity index (χ0v) is 19.2. The second-order valence-corrected chi connectivity index (χ2v) is 8.95. The van der Waals surface area contributed by atoms with E-state index in [-0.39, 0.29) is 18.2 Å². The number of amides is 2. The molecule has 34 heavy (non-hydrogen) atoms. The molecule has 172 valence electrons. The van der Waals surface area contributed by atoms with Crippen LogP contribution < -0.4 is 15.5 Å². The molecular weight excluding hydrogens is 432 g/mol. The molecule has 1 saturated carbocycles.